The summed E-state index contributed by atoms with van der Waals surface area (Å²) in [7, 11) is 0. The van der Waals surface area contributed by atoms with E-state index in [0.717, 1.165) is 30.3 Å². The van der Waals surface area contributed by atoms with Crippen LogP contribution in [0.5, 0.6) is 0 Å². The number of hydrogen-bond acceptors (Lipinski definition) is 5. The summed E-state index contributed by atoms with van der Waals surface area (Å²) in [5, 5.41) is 2.88. The van der Waals surface area contributed by atoms with Gasteiger partial charge >= 0.3 is 0 Å². The number of hydrogen-bond donors (Lipinski definition) is 2. The first kappa shape index (κ1) is 19.0. The number of nitrogen functional groups attached to an aromatic ring is 1. The maximum Gasteiger partial charge on any atom is 0.257 e. The lowest BCUT2D eigenvalue weighted by atomic mass is 10.2. The van der Waals surface area contributed by atoms with Crippen LogP contribution >= 0.6 is 0 Å². The number of benzene rings is 1. The van der Waals surface area contributed by atoms with Gasteiger partial charge in [-0.25, -0.2) is 9.97 Å². The van der Waals surface area contributed by atoms with Gasteiger partial charge in [-0.15, -0.1) is 0 Å². The van der Waals surface area contributed by atoms with Crippen LogP contribution in [-0.2, 0) is 13.1 Å². The number of para-hydroxylation sites is 2. The fourth-order valence-corrected chi connectivity index (χ4v) is 3.53. The van der Waals surface area contributed by atoms with Gasteiger partial charge in [0.05, 0.1) is 23.8 Å². The Labute approximate surface area is 168 Å². The summed E-state index contributed by atoms with van der Waals surface area (Å²) in [4.78, 5) is 22.5. The maximum absolute atomic E-state index is 13.0. The lowest BCUT2D eigenvalue weighted by Gasteiger charge is -2.08. The van der Waals surface area contributed by atoms with E-state index in [1.165, 1.54) is 6.42 Å². The van der Waals surface area contributed by atoms with Gasteiger partial charge in [0.25, 0.3) is 5.91 Å². The molecule has 0 spiro atoms. The monoisotopic (exact) mass is 391 g/mol. The molecule has 1 amide bonds. The summed E-state index contributed by atoms with van der Waals surface area (Å²) in [6.45, 7) is 3.18. The molecule has 0 atom stereocenters. The number of amides is 1. The first-order valence-electron chi connectivity index (χ1n) is 10.0. The van der Waals surface area contributed by atoms with Crippen LogP contribution in [0.2, 0.25) is 0 Å². The zero-order valence-corrected chi connectivity index (χ0v) is 16.5. The molecule has 4 rings (SSSR count). The molecule has 7 heteroatoms. The van der Waals surface area contributed by atoms with Crippen LogP contribution in [0.4, 0.5) is 5.82 Å². The Kier molecular flexibility index (Phi) is 5.46. The normalized spacial score (nSPS) is 11.3. The van der Waals surface area contributed by atoms with Crippen molar-refractivity contribution in [2.75, 3.05) is 5.73 Å². The third-order valence-electron chi connectivity index (χ3n) is 5.06. The molecular formula is C22H25N5O2. The molecule has 0 aliphatic carbocycles. The molecule has 3 heterocycles. The molecule has 0 saturated carbocycles. The third kappa shape index (κ3) is 3.81. The molecule has 0 unspecified atom stereocenters. The fraction of sp³-hybridized carbons (Fsp3) is 0.318. The van der Waals surface area contributed by atoms with Gasteiger partial charge in [-0.05, 0) is 30.7 Å². The number of nitrogens with two attached hydrogens (primary N) is 1. The van der Waals surface area contributed by atoms with E-state index < -0.39 is 0 Å². The standard InChI is InChI=1S/C22H25N5O2/c1-2-3-4-7-12-27-20(23)18(22(28)24-14-15-9-8-13-29-15)19-21(27)26-17-11-6-5-10-16(17)25-19/h5-6,8-11,13H,2-4,7,12,14,23H2,1H3,(H,24,28). The molecule has 7 nitrogen and oxygen atoms in total. The van der Waals surface area contributed by atoms with E-state index in [-0.39, 0.29) is 12.5 Å². The number of furan rings is 1. The van der Waals surface area contributed by atoms with Crippen LogP contribution in [0.25, 0.3) is 22.2 Å². The Morgan fingerprint density at radius 1 is 1.10 bits per heavy atom. The second-order valence-electron chi connectivity index (χ2n) is 7.12. The molecule has 0 saturated heterocycles. The van der Waals surface area contributed by atoms with Crippen molar-refractivity contribution in [3.05, 3.63) is 54.0 Å². The lowest BCUT2D eigenvalue weighted by molar-refractivity contribution is 0.0950. The van der Waals surface area contributed by atoms with Gasteiger partial charge in [0, 0.05) is 6.54 Å². The van der Waals surface area contributed by atoms with Crippen LogP contribution < -0.4 is 11.1 Å². The number of nitrogens with zero attached hydrogens (tertiary/aromatic N) is 3. The summed E-state index contributed by atoms with van der Waals surface area (Å²) in [5.41, 5.74) is 9.53. The first-order valence-corrected chi connectivity index (χ1v) is 10.0. The molecule has 4 aromatic rings. The van der Waals surface area contributed by atoms with Gasteiger partial charge in [-0.2, -0.15) is 0 Å². The summed E-state index contributed by atoms with van der Waals surface area (Å²) in [5.74, 6) is 0.807. The van der Waals surface area contributed by atoms with E-state index in [0.29, 0.717) is 34.9 Å². The highest BCUT2D eigenvalue weighted by Crippen LogP contribution is 2.28. The zero-order chi connectivity index (χ0) is 20.2. The van der Waals surface area contributed by atoms with E-state index >= 15 is 0 Å². The number of unbranched alkanes of at least 4 members (excludes halogenated alkanes) is 3. The molecular weight excluding hydrogens is 366 g/mol. The van der Waals surface area contributed by atoms with E-state index in [1.54, 1.807) is 12.3 Å². The van der Waals surface area contributed by atoms with Gasteiger partial charge in [-0.3, -0.25) is 4.79 Å². The molecule has 1 aromatic carbocycles. The largest absolute Gasteiger partial charge is 0.467 e. The minimum Gasteiger partial charge on any atom is -0.467 e. The SMILES string of the molecule is CCCCCCn1c(N)c(C(=O)NCc2ccco2)c2nc3ccccc3nc21. The van der Waals surface area contributed by atoms with Gasteiger partial charge in [0.2, 0.25) is 0 Å². The fourth-order valence-electron chi connectivity index (χ4n) is 3.53. The van der Waals surface area contributed by atoms with Gasteiger partial charge < -0.3 is 20.0 Å². The zero-order valence-electron chi connectivity index (χ0n) is 16.5. The number of aryl methyl sites for hydroxylation is 1. The van der Waals surface area contributed by atoms with Crippen LogP contribution in [0.15, 0.2) is 47.1 Å². The predicted octanol–water partition coefficient (Wildman–Crippen LogP) is 4.27. The van der Waals surface area contributed by atoms with Crippen molar-refractivity contribution in [3.8, 4) is 0 Å². The minimum absolute atomic E-state index is 0.277. The smallest absolute Gasteiger partial charge is 0.257 e. The number of carbonyl (C=O) groups is 1. The number of fused-ring (bicyclic) bond motifs is 2. The second-order valence-corrected chi connectivity index (χ2v) is 7.12. The summed E-state index contributed by atoms with van der Waals surface area (Å²) in [6, 6.07) is 11.2. The van der Waals surface area contributed by atoms with Crippen molar-refractivity contribution >= 4 is 33.9 Å². The Bertz CT molecular complexity index is 1130. The minimum atomic E-state index is -0.277. The number of anilines is 1. The molecule has 3 aromatic heterocycles. The van der Waals surface area contributed by atoms with Gasteiger partial charge in [-0.1, -0.05) is 38.3 Å². The molecule has 29 heavy (non-hydrogen) atoms. The van der Waals surface area contributed by atoms with Crippen LogP contribution in [0, 0.1) is 0 Å². The number of carbonyl (C=O) groups excluding carboxylic acids is 1. The lowest BCUT2D eigenvalue weighted by Crippen LogP contribution is -2.23. The van der Waals surface area contributed by atoms with Crippen molar-refractivity contribution < 1.29 is 9.21 Å². The van der Waals surface area contributed by atoms with Crippen molar-refractivity contribution in [1.82, 2.24) is 19.9 Å². The molecule has 0 fully saturated rings. The topological polar surface area (TPSA) is 99.0 Å². The summed E-state index contributed by atoms with van der Waals surface area (Å²) in [6.07, 6.45) is 5.99. The summed E-state index contributed by atoms with van der Waals surface area (Å²) >= 11 is 0. The Morgan fingerprint density at radius 3 is 2.62 bits per heavy atom. The van der Waals surface area contributed by atoms with E-state index in [2.05, 4.69) is 12.2 Å². The second kappa shape index (κ2) is 8.34. The highest BCUT2D eigenvalue weighted by Gasteiger charge is 2.23. The maximum atomic E-state index is 13.0. The van der Waals surface area contributed by atoms with Crippen molar-refractivity contribution in [1.29, 1.82) is 0 Å². The van der Waals surface area contributed by atoms with Crippen molar-refractivity contribution in [3.63, 3.8) is 0 Å². The highest BCUT2D eigenvalue weighted by atomic mass is 16.3. The van der Waals surface area contributed by atoms with E-state index in [1.807, 2.05) is 34.9 Å². The van der Waals surface area contributed by atoms with Crippen molar-refractivity contribution in [2.45, 2.75) is 45.7 Å². The Hall–Kier alpha value is -3.35. The van der Waals surface area contributed by atoms with E-state index in [4.69, 9.17) is 20.1 Å². The van der Waals surface area contributed by atoms with Crippen LogP contribution in [-0.4, -0.2) is 20.4 Å². The molecule has 0 bridgehead atoms. The van der Waals surface area contributed by atoms with Crippen LogP contribution in [0.3, 0.4) is 0 Å². The summed E-state index contributed by atoms with van der Waals surface area (Å²) < 4.78 is 7.22. The number of nitrogens with one attached hydrogen (secondary N) is 1. The first-order chi connectivity index (χ1) is 14.2. The average molecular weight is 391 g/mol. The van der Waals surface area contributed by atoms with Crippen molar-refractivity contribution in [2.24, 2.45) is 0 Å². The number of aromatic nitrogens is 3. The van der Waals surface area contributed by atoms with E-state index in [9.17, 15) is 4.79 Å². The Morgan fingerprint density at radius 2 is 1.90 bits per heavy atom. The Balaban J connectivity index is 1.73. The van der Waals surface area contributed by atoms with Gasteiger partial charge in [0.15, 0.2) is 5.65 Å². The molecule has 150 valence electrons. The number of rotatable bonds is 8. The quantitative estimate of drug-likeness (QED) is 0.437. The predicted molar refractivity (Wildman–Crippen MR) is 113 cm³/mol. The average Bonchev–Trinajstić information content (AvgIpc) is 3.34. The third-order valence-corrected chi connectivity index (χ3v) is 5.06. The molecule has 0 aliphatic rings. The molecule has 0 radical (unpaired) electrons. The van der Waals surface area contributed by atoms with Gasteiger partial charge in [0.1, 0.15) is 22.7 Å². The molecule has 3 N–H and O–H groups in total. The molecule has 0 aliphatic heterocycles. The van der Waals surface area contributed by atoms with Crippen LogP contribution in [0.1, 0.15) is 48.7 Å². The highest BCUT2D eigenvalue weighted by molar-refractivity contribution is 6.10.